The molecule has 3 nitrogen and oxygen atoms in total. The van der Waals surface area contributed by atoms with Gasteiger partial charge in [0.1, 0.15) is 6.61 Å². The Labute approximate surface area is 104 Å². The maximum absolute atomic E-state index is 11.6. The summed E-state index contributed by atoms with van der Waals surface area (Å²) >= 11 is 3.49. The van der Waals surface area contributed by atoms with Crippen molar-refractivity contribution in [1.29, 1.82) is 0 Å². The number of benzene rings is 1. The van der Waals surface area contributed by atoms with E-state index in [4.69, 9.17) is 4.74 Å². The summed E-state index contributed by atoms with van der Waals surface area (Å²) < 4.78 is 5.23. The molecule has 1 amide bonds. The molecule has 1 aromatic rings. The van der Waals surface area contributed by atoms with Gasteiger partial charge in [-0.15, -0.1) is 0 Å². The Bertz CT molecular complexity index is 355. The van der Waals surface area contributed by atoms with Gasteiger partial charge in [0.15, 0.2) is 0 Å². The van der Waals surface area contributed by atoms with Crippen molar-refractivity contribution >= 4 is 22.0 Å². The number of rotatable bonds is 2. The molecule has 0 N–H and O–H groups in total. The van der Waals surface area contributed by atoms with E-state index in [0.717, 1.165) is 25.1 Å². The number of halogens is 1. The Balaban J connectivity index is 1.80. The molecule has 0 saturated carbocycles. The Morgan fingerprint density at radius 1 is 1.44 bits per heavy atom. The maximum Gasteiger partial charge on any atom is 0.410 e. The second-order valence-corrected chi connectivity index (χ2v) is 5.17. The highest BCUT2D eigenvalue weighted by Gasteiger charge is 2.25. The predicted octanol–water partition coefficient (Wildman–Crippen LogP) is 2.79. The Kier molecular flexibility index (Phi) is 3.83. The molecule has 4 heteroatoms. The van der Waals surface area contributed by atoms with Gasteiger partial charge in [-0.2, -0.15) is 0 Å². The third kappa shape index (κ3) is 2.98. The van der Waals surface area contributed by atoms with E-state index in [-0.39, 0.29) is 6.09 Å². The SMILES string of the molecule is O=C(OCc1ccccc1)N1CC[C@H](Br)C1. The number of hydrogen-bond donors (Lipinski definition) is 0. The molecule has 1 saturated heterocycles. The summed E-state index contributed by atoms with van der Waals surface area (Å²) in [5.41, 5.74) is 1.02. The number of carbonyl (C=O) groups is 1. The summed E-state index contributed by atoms with van der Waals surface area (Å²) in [4.78, 5) is 13.8. The maximum atomic E-state index is 11.6. The largest absolute Gasteiger partial charge is 0.445 e. The molecule has 16 heavy (non-hydrogen) atoms. The second-order valence-electron chi connectivity index (χ2n) is 3.87. The number of carbonyl (C=O) groups excluding carboxylic acids is 1. The fourth-order valence-electron chi connectivity index (χ4n) is 1.69. The van der Waals surface area contributed by atoms with Crippen LogP contribution in [0.5, 0.6) is 0 Å². The van der Waals surface area contributed by atoms with Gasteiger partial charge < -0.3 is 9.64 Å². The van der Waals surface area contributed by atoms with E-state index >= 15 is 0 Å². The minimum absolute atomic E-state index is 0.217. The van der Waals surface area contributed by atoms with Crippen LogP contribution in [0, 0.1) is 0 Å². The molecular weight excluding hydrogens is 270 g/mol. The lowest BCUT2D eigenvalue weighted by Crippen LogP contribution is -2.29. The summed E-state index contributed by atoms with van der Waals surface area (Å²) in [6.45, 7) is 1.88. The molecule has 1 heterocycles. The molecule has 2 rings (SSSR count). The van der Waals surface area contributed by atoms with E-state index in [0.29, 0.717) is 11.4 Å². The van der Waals surface area contributed by atoms with E-state index in [9.17, 15) is 4.79 Å². The molecule has 1 atom stereocenters. The van der Waals surface area contributed by atoms with Gasteiger partial charge in [-0.05, 0) is 12.0 Å². The number of amides is 1. The number of alkyl halides is 1. The van der Waals surface area contributed by atoms with Crippen LogP contribution >= 0.6 is 15.9 Å². The molecule has 0 aliphatic carbocycles. The zero-order valence-electron chi connectivity index (χ0n) is 8.93. The summed E-state index contributed by atoms with van der Waals surface area (Å²) in [5, 5.41) is 0. The molecule has 0 unspecified atom stereocenters. The van der Waals surface area contributed by atoms with Crippen molar-refractivity contribution in [1.82, 2.24) is 4.90 Å². The normalized spacial score (nSPS) is 19.8. The number of hydrogen-bond acceptors (Lipinski definition) is 2. The van der Waals surface area contributed by atoms with Crippen LogP contribution in [0.4, 0.5) is 4.79 Å². The monoisotopic (exact) mass is 283 g/mol. The summed E-state index contributed by atoms with van der Waals surface area (Å²) in [5.74, 6) is 0. The first-order valence-corrected chi connectivity index (χ1v) is 6.27. The second kappa shape index (κ2) is 5.34. The van der Waals surface area contributed by atoms with Crippen molar-refractivity contribution in [2.75, 3.05) is 13.1 Å². The molecule has 0 spiro atoms. The van der Waals surface area contributed by atoms with Crippen LogP contribution in [0.3, 0.4) is 0 Å². The fourth-order valence-corrected chi connectivity index (χ4v) is 2.25. The zero-order valence-corrected chi connectivity index (χ0v) is 10.5. The smallest absolute Gasteiger partial charge is 0.410 e. The van der Waals surface area contributed by atoms with Crippen LogP contribution in [0.25, 0.3) is 0 Å². The van der Waals surface area contributed by atoms with Crippen molar-refractivity contribution in [2.24, 2.45) is 0 Å². The van der Waals surface area contributed by atoms with Crippen molar-refractivity contribution in [3.63, 3.8) is 0 Å². The lowest BCUT2D eigenvalue weighted by atomic mass is 10.2. The summed E-state index contributed by atoms with van der Waals surface area (Å²) in [6.07, 6.45) is 0.784. The average Bonchev–Trinajstić information content (AvgIpc) is 2.74. The molecule has 0 aromatic heterocycles. The summed E-state index contributed by atoms with van der Waals surface area (Å²) in [6, 6.07) is 9.72. The van der Waals surface area contributed by atoms with Crippen LogP contribution in [0.2, 0.25) is 0 Å². The molecule has 1 aliphatic rings. The minimum Gasteiger partial charge on any atom is -0.445 e. The summed E-state index contributed by atoms with van der Waals surface area (Å²) in [7, 11) is 0. The predicted molar refractivity (Wildman–Crippen MR) is 65.5 cm³/mol. The zero-order chi connectivity index (χ0) is 11.4. The average molecular weight is 284 g/mol. The third-order valence-corrected chi connectivity index (χ3v) is 3.34. The van der Waals surface area contributed by atoms with Crippen LogP contribution in [-0.2, 0) is 11.3 Å². The van der Waals surface area contributed by atoms with Crippen LogP contribution in [0.1, 0.15) is 12.0 Å². The van der Waals surface area contributed by atoms with Gasteiger partial charge in [-0.3, -0.25) is 0 Å². The number of nitrogens with zero attached hydrogens (tertiary/aromatic N) is 1. The van der Waals surface area contributed by atoms with Crippen molar-refractivity contribution in [3.05, 3.63) is 35.9 Å². The van der Waals surface area contributed by atoms with Crippen molar-refractivity contribution < 1.29 is 9.53 Å². The van der Waals surface area contributed by atoms with Crippen molar-refractivity contribution in [2.45, 2.75) is 17.9 Å². The Morgan fingerprint density at radius 3 is 2.81 bits per heavy atom. The fraction of sp³-hybridized carbons (Fsp3) is 0.417. The minimum atomic E-state index is -0.217. The molecular formula is C12H14BrNO2. The molecule has 0 radical (unpaired) electrons. The van der Waals surface area contributed by atoms with Crippen LogP contribution in [0.15, 0.2) is 30.3 Å². The highest BCUT2D eigenvalue weighted by atomic mass is 79.9. The first-order chi connectivity index (χ1) is 7.75. The molecule has 1 aromatic carbocycles. The van der Waals surface area contributed by atoms with E-state index in [1.54, 1.807) is 4.90 Å². The van der Waals surface area contributed by atoms with Crippen molar-refractivity contribution in [3.8, 4) is 0 Å². The van der Waals surface area contributed by atoms with E-state index in [1.165, 1.54) is 0 Å². The molecule has 86 valence electrons. The Morgan fingerprint density at radius 2 is 2.19 bits per heavy atom. The van der Waals surface area contributed by atoms with E-state index in [2.05, 4.69) is 15.9 Å². The van der Waals surface area contributed by atoms with Gasteiger partial charge in [0.05, 0.1) is 0 Å². The van der Waals surface area contributed by atoms with Gasteiger partial charge >= 0.3 is 6.09 Å². The standard InChI is InChI=1S/C12H14BrNO2/c13-11-6-7-14(8-11)12(15)16-9-10-4-2-1-3-5-10/h1-5,11H,6-9H2/t11-/m0/s1. The van der Waals surface area contributed by atoms with Gasteiger partial charge in [0, 0.05) is 17.9 Å². The highest BCUT2D eigenvalue weighted by molar-refractivity contribution is 9.09. The quantitative estimate of drug-likeness (QED) is 0.781. The molecule has 1 fully saturated rings. The molecule has 0 bridgehead atoms. The van der Waals surface area contributed by atoms with Gasteiger partial charge in [-0.1, -0.05) is 46.3 Å². The lowest BCUT2D eigenvalue weighted by molar-refractivity contribution is 0.104. The van der Waals surface area contributed by atoms with Crippen LogP contribution < -0.4 is 0 Å². The van der Waals surface area contributed by atoms with E-state index < -0.39 is 0 Å². The van der Waals surface area contributed by atoms with Gasteiger partial charge in [-0.25, -0.2) is 4.79 Å². The van der Waals surface area contributed by atoms with Crippen LogP contribution in [-0.4, -0.2) is 28.9 Å². The Hall–Kier alpha value is -1.03. The van der Waals surface area contributed by atoms with E-state index in [1.807, 2.05) is 30.3 Å². The molecule has 1 aliphatic heterocycles. The van der Waals surface area contributed by atoms with Gasteiger partial charge in [0.2, 0.25) is 0 Å². The first kappa shape index (κ1) is 11.5. The lowest BCUT2D eigenvalue weighted by Gasteiger charge is -2.15. The van der Waals surface area contributed by atoms with Gasteiger partial charge in [0.25, 0.3) is 0 Å². The topological polar surface area (TPSA) is 29.5 Å². The first-order valence-electron chi connectivity index (χ1n) is 5.35. The third-order valence-electron chi connectivity index (χ3n) is 2.59. The number of ether oxygens (including phenoxy) is 1. The number of likely N-dealkylation sites (tertiary alicyclic amines) is 1. The highest BCUT2D eigenvalue weighted by Crippen LogP contribution is 2.17.